The summed E-state index contributed by atoms with van der Waals surface area (Å²) in [4.78, 5) is 6.27. The first-order valence-corrected chi connectivity index (χ1v) is 11.7. The van der Waals surface area contributed by atoms with Crippen LogP contribution in [0.5, 0.6) is 0 Å². The van der Waals surface area contributed by atoms with E-state index in [1.165, 1.54) is 32.1 Å². The Kier molecular flexibility index (Phi) is 5.27. The predicted octanol–water partition coefficient (Wildman–Crippen LogP) is 4.17. The minimum atomic E-state index is -3.61. The molecule has 1 unspecified atom stereocenters. The van der Waals surface area contributed by atoms with Crippen molar-refractivity contribution in [3.05, 3.63) is 40.6 Å². The van der Waals surface area contributed by atoms with Gasteiger partial charge in [0.2, 0.25) is 10.0 Å². The lowest BCUT2D eigenvalue weighted by Gasteiger charge is -2.37. The van der Waals surface area contributed by atoms with Crippen molar-refractivity contribution in [3.63, 3.8) is 0 Å². The Hall–Kier alpha value is -1.08. The maximum atomic E-state index is 13.3. The highest BCUT2D eigenvalue weighted by Crippen LogP contribution is 2.38. The van der Waals surface area contributed by atoms with Gasteiger partial charge in [0, 0.05) is 29.7 Å². The van der Waals surface area contributed by atoms with E-state index >= 15 is 0 Å². The first-order valence-electron chi connectivity index (χ1n) is 9.83. The molecule has 1 aliphatic carbocycles. The highest BCUT2D eigenvalue weighted by molar-refractivity contribution is 7.89. The zero-order chi connectivity index (χ0) is 19.1. The second-order valence-electron chi connectivity index (χ2n) is 8.01. The molecule has 1 N–H and O–H groups in total. The smallest absolute Gasteiger partial charge is 0.243 e. The monoisotopic (exact) mass is 410 g/mol. The van der Waals surface area contributed by atoms with E-state index in [0.717, 1.165) is 18.5 Å². The van der Waals surface area contributed by atoms with Crippen molar-refractivity contribution in [2.75, 3.05) is 13.1 Å². The van der Waals surface area contributed by atoms with E-state index in [-0.39, 0.29) is 4.90 Å². The number of nitrogens with zero attached hydrogens (tertiary/aromatic N) is 1. The molecule has 3 aliphatic rings. The summed E-state index contributed by atoms with van der Waals surface area (Å²) in [6.45, 7) is 2.60. The summed E-state index contributed by atoms with van der Waals surface area (Å²) >= 11 is 6.16. The molecule has 0 bridgehead atoms. The Labute approximate surface area is 166 Å². The molecule has 27 heavy (non-hydrogen) atoms. The first-order chi connectivity index (χ1) is 12.9. The number of hydroxylamine groups is 1. The molecule has 1 spiro atoms. The van der Waals surface area contributed by atoms with Crippen molar-refractivity contribution in [1.29, 1.82) is 0 Å². The third-order valence-corrected chi connectivity index (χ3v) is 8.52. The van der Waals surface area contributed by atoms with Gasteiger partial charge < -0.3 is 0 Å². The average molecular weight is 411 g/mol. The van der Waals surface area contributed by atoms with Crippen molar-refractivity contribution in [2.24, 2.45) is 5.92 Å². The fraction of sp³-hybridized carbons (Fsp3) is 0.600. The standard InChI is InChI=1S/C20H27ClN2O3S/c1-15-17(21)9-5-10-19(15)27(24,25)23-12-6-11-20(14-23)13-18(22-26-20)16-7-3-2-4-8-16/h5,9-10,13,16,22H,2-4,6-8,11-12,14H2,1H3. The van der Waals surface area contributed by atoms with Crippen LogP contribution in [0.2, 0.25) is 5.02 Å². The summed E-state index contributed by atoms with van der Waals surface area (Å²) in [6.07, 6.45) is 9.95. The summed E-state index contributed by atoms with van der Waals surface area (Å²) in [5, 5.41) is 0.473. The lowest BCUT2D eigenvalue weighted by molar-refractivity contribution is -0.0683. The van der Waals surface area contributed by atoms with Crippen LogP contribution in [0.15, 0.2) is 34.9 Å². The van der Waals surface area contributed by atoms with Crippen LogP contribution in [-0.2, 0) is 14.9 Å². The average Bonchev–Trinajstić information content (AvgIpc) is 3.08. The van der Waals surface area contributed by atoms with Gasteiger partial charge in [0.25, 0.3) is 0 Å². The zero-order valence-electron chi connectivity index (χ0n) is 15.7. The molecule has 1 saturated carbocycles. The molecule has 1 aromatic carbocycles. The Balaban J connectivity index is 1.58. The van der Waals surface area contributed by atoms with E-state index < -0.39 is 15.6 Å². The number of nitrogens with one attached hydrogen (secondary N) is 1. The number of rotatable bonds is 3. The Bertz CT molecular complexity index is 849. The third kappa shape index (κ3) is 3.65. The van der Waals surface area contributed by atoms with E-state index in [1.807, 2.05) is 0 Å². The molecule has 2 heterocycles. The minimum Gasteiger partial charge on any atom is -0.270 e. The van der Waals surface area contributed by atoms with Crippen LogP contribution in [0.25, 0.3) is 0 Å². The second-order valence-corrected chi connectivity index (χ2v) is 10.3. The van der Waals surface area contributed by atoms with E-state index in [9.17, 15) is 8.42 Å². The van der Waals surface area contributed by atoms with Gasteiger partial charge >= 0.3 is 0 Å². The Morgan fingerprint density at radius 3 is 2.78 bits per heavy atom. The van der Waals surface area contributed by atoms with Gasteiger partial charge in [0.15, 0.2) is 0 Å². The lowest BCUT2D eigenvalue weighted by atomic mass is 9.84. The molecule has 2 fully saturated rings. The molecule has 148 valence electrons. The highest BCUT2D eigenvalue weighted by Gasteiger charge is 2.44. The molecule has 1 atom stereocenters. The van der Waals surface area contributed by atoms with Crippen LogP contribution in [0.1, 0.15) is 50.5 Å². The summed E-state index contributed by atoms with van der Waals surface area (Å²) in [5.41, 5.74) is 4.32. The summed E-state index contributed by atoms with van der Waals surface area (Å²) in [6, 6.07) is 5.04. The Morgan fingerprint density at radius 2 is 2.00 bits per heavy atom. The van der Waals surface area contributed by atoms with Crippen LogP contribution in [0.3, 0.4) is 0 Å². The molecule has 4 rings (SSSR count). The van der Waals surface area contributed by atoms with Gasteiger partial charge in [-0.1, -0.05) is 36.9 Å². The van der Waals surface area contributed by atoms with Gasteiger partial charge in [-0.2, -0.15) is 4.31 Å². The predicted molar refractivity (Wildman–Crippen MR) is 106 cm³/mol. The molecule has 2 aliphatic heterocycles. The van der Waals surface area contributed by atoms with E-state index in [1.54, 1.807) is 29.4 Å². The van der Waals surface area contributed by atoms with E-state index in [2.05, 4.69) is 11.6 Å². The highest BCUT2D eigenvalue weighted by atomic mass is 35.5. The van der Waals surface area contributed by atoms with E-state index in [4.69, 9.17) is 16.4 Å². The normalized spacial score (nSPS) is 27.6. The number of halogens is 1. The van der Waals surface area contributed by atoms with Crippen molar-refractivity contribution in [1.82, 2.24) is 9.79 Å². The molecule has 5 nitrogen and oxygen atoms in total. The molecular formula is C20H27ClN2O3S. The van der Waals surface area contributed by atoms with Crippen LogP contribution in [0.4, 0.5) is 0 Å². The SMILES string of the molecule is Cc1c(Cl)cccc1S(=O)(=O)N1CCCC2(C=C(C3CCCCC3)NO2)C1. The van der Waals surface area contributed by atoms with Crippen molar-refractivity contribution < 1.29 is 13.3 Å². The minimum absolute atomic E-state index is 0.287. The topological polar surface area (TPSA) is 58.6 Å². The van der Waals surface area contributed by atoms with Crippen molar-refractivity contribution in [2.45, 2.75) is 62.4 Å². The van der Waals surface area contributed by atoms with Gasteiger partial charge in [-0.25, -0.2) is 8.42 Å². The number of piperidine rings is 1. The molecule has 0 aromatic heterocycles. The summed E-state index contributed by atoms with van der Waals surface area (Å²) < 4.78 is 28.1. The van der Waals surface area contributed by atoms with Crippen LogP contribution < -0.4 is 5.48 Å². The van der Waals surface area contributed by atoms with Gasteiger partial charge in [-0.3, -0.25) is 10.3 Å². The molecule has 1 saturated heterocycles. The zero-order valence-corrected chi connectivity index (χ0v) is 17.3. The maximum absolute atomic E-state index is 13.3. The van der Waals surface area contributed by atoms with Gasteiger partial charge in [0.05, 0.1) is 4.90 Å². The maximum Gasteiger partial charge on any atom is 0.243 e. The molecular weight excluding hydrogens is 384 g/mol. The molecule has 7 heteroatoms. The fourth-order valence-corrected chi connectivity index (χ4v) is 6.56. The molecule has 1 aromatic rings. The number of hydrogen-bond acceptors (Lipinski definition) is 4. The van der Waals surface area contributed by atoms with E-state index in [0.29, 0.717) is 29.6 Å². The largest absolute Gasteiger partial charge is 0.270 e. The fourth-order valence-electron chi connectivity index (χ4n) is 4.54. The number of benzene rings is 1. The number of hydrogen-bond donors (Lipinski definition) is 1. The van der Waals surface area contributed by atoms with Crippen LogP contribution in [-0.4, -0.2) is 31.4 Å². The van der Waals surface area contributed by atoms with Gasteiger partial charge in [-0.15, -0.1) is 0 Å². The van der Waals surface area contributed by atoms with Crippen LogP contribution in [0, 0.1) is 12.8 Å². The van der Waals surface area contributed by atoms with Crippen LogP contribution >= 0.6 is 11.6 Å². The summed E-state index contributed by atoms with van der Waals surface area (Å²) in [5.74, 6) is 0.514. The lowest BCUT2D eigenvalue weighted by Crippen LogP contribution is -2.50. The van der Waals surface area contributed by atoms with Crippen molar-refractivity contribution in [3.8, 4) is 0 Å². The van der Waals surface area contributed by atoms with Gasteiger partial charge in [-0.05, 0) is 56.4 Å². The number of allylic oxidation sites excluding steroid dienone is 1. The first kappa shape index (κ1) is 19.2. The van der Waals surface area contributed by atoms with Crippen molar-refractivity contribution >= 4 is 21.6 Å². The summed E-state index contributed by atoms with van der Waals surface area (Å²) in [7, 11) is -3.61. The third-order valence-electron chi connectivity index (χ3n) is 6.12. The Morgan fingerprint density at radius 1 is 1.22 bits per heavy atom. The molecule has 0 amide bonds. The molecule has 0 radical (unpaired) electrons. The quantitative estimate of drug-likeness (QED) is 0.812. The van der Waals surface area contributed by atoms with Gasteiger partial charge in [0.1, 0.15) is 5.60 Å². The second kappa shape index (κ2) is 7.39. The number of sulfonamides is 1.